The van der Waals surface area contributed by atoms with Crippen LogP contribution in [0.4, 0.5) is 0 Å². The third kappa shape index (κ3) is 3.44. The summed E-state index contributed by atoms with van der Waals surface area (Å²) in [6.45, 7) is 3.49. The standard InChI is InChI=1S/C12H18ClNO2S/c1-3-11(17(15,16)4-2)12(14)9-5-7-10(13)8-6-9/h5-8,11-12H,3-4,14H2,1-2H3/t11-,12-/m0/s1. The molecule has 96 valence electrons. The molecule has 0 spiro atoms. The van der Waals surface area contributed by atoms with Crippen LogP contribution in [0.1, 0.15) is 31.9 Å². The molecule has 3 nitrogen and oxygen atoms in total. The molecular formula is C12H18ClNO2S. The fourth-order valence-electron chi connectivity index (χ4n) is 1.84. The molecule has 1 aromatic rings. The zero-order valence-corrected chi connectivity index (χ0v) is 11.6. The molecule has 0 fully saturated rings. The predicted molar refractivity (Wildman–Crippen MR) is 71.9 cm³/mol. The smallest absolute Gasteiger partial charge is 0.154 e. The number of rotatable bonds is 5. The van der Waals surface area contributed by atoms with Gasteiger partial charge in [0, 0.05) is 16.8 Å². The Labute approximate surface area is 108 Å². The van der Waals surface area contributed by atoms with Crippen molar-refractivity contribution in [2.24, 2.45) is 5.73 Å². The van der Waals surface area contributed by atoms with Gasteiger partial charge in [-0.05, 0) is 24.1 Å². The Hall–Kier alpha value is -0.580. The quantitative estimate of drug-likeness (QED) is 0.898. The molecule has 1 aromatic carbocycles. The Morgan fingerprint density at radius 1 is 1.24 bits per heavy atom. The van der Waals surface area contributed by atoms with Crippen LogP contribution in [0.15, 0.2) is 24.3 Å². The fraction of sp³-hybridized carbons (Fsp3) is 0.500. The van der Waals surface area contributed by atoms with Crippen LogP contribution in [0.2, 0.25) is 5.02 Å². The lowest BCUT2D eigenvalue weighted by molar-refractivity contribution is 0.549. The molecule has 0 aliphatic carbocycles. The third-order valence-electron chi connectivity index (χ3n) is 2.92. The average molecular weight is 276 g/mol. The minimum atomic E-state index is -3.13. The van der Waals surface area contributed by atoms with Gasteiger partial charge in [-0.15, -0.1) is 0 Å². The lowest BCUT2D eigenvalue weighted by atomic mass is 10.0. The molecule has 0 bridgehead atoms. The summed E-state index contributed by atoms with van der Waals surface area (Å²) in [7, 11) is -3.13. The summed E-state index contributed by atoms with van der Waals surface area (Å²) < 4.78 is 23.8. The van der Waals surface area contributed by atoms with Gasteiger partial charge in [-0.3, -0.25) is 0 Å². The number of halogens is 1. The zero-order chi connectivity index (χ0) is 13.1. The topological polar surface area (TPSA) is 60.2 Å². The van der Waals surface area contributed by atoms with Crippen molar-refractivity contribution in [3.63, 3.8) is 0 Å². The Morgan fingerprint density at radius 2 is 1.76 bits per heavy atom. The minimum Gasteiger partial charge on any atom is -0.323 e. The average Bonchev–Trinajstić information content (AvgIpc) is 2.30. The van der Waals surface area contributed by atoms with Crippen molar-refractivity contribution in [2.45, 2.75) is 31.6 Å². The van der Waals surface area contributed by atoms with E-state index in [1.54, 1.807) is 31.2 Å². The van der Waals surface area contributed by atoms with Gasteiger partial charge < -0.3 is 5.73 Å². The molecule has 17 heavy (non-hydrogen) atoms. The van der Waals surface area contributed by atoms with Gasteiger partial charge in [0.25, 0.3) is 0 Å². The maximum Gasteiger partial charge on any atom is 0.154 e. The van der Waals surface area contributed by atoms with E-state index in [-0.39, 0.29) is 5.75 Å². The van der Waals surface area contributed by atoms with Crippen molar-refractivity contribution in [1.29, 1.82) is 0 Å². The number of hydrogen-bond acceptors (Lipinski definition) is 3. The first-order chi connectivity index (χ1) is 7.92. The Kier molecular flexibility index (Phi) is 4.98. The second-order valence-electron chi connectivity index (χ2n) is 3.98. The first-order valence-electron chi connectivity index (χ1n) is 5.65. The third-order valence-corrected chi connectivity index (χ3v) is 5.53. The molecule has 0 amide bonds. The van der Waals surface area contributed by atoms with E-state index in [1.807, 2.05) is 6.92 Å². The van der Waals surface area contributed by atoms with Crippen LogP contribution in [0.3, 0.4) is 0 Å². The summed E-state index contributed by atoms with van der Waals surface area (Å²) in [6, 6.07) is 6.51. The van der Waals surface area contributed by atoms with Gasteiger partial charge in [0.15, 0.2) is 9.84 Å². The number of sulfone groups is 1. The van der Waals surface area contributed by atoms with Crippen molar-refractivity contribution in [3.8, 4) is 0 Å². The van der Waals surface area contributed by atoms with Crippen LogP contribution in [0.25, 0.3) is 0 Å². The Balaban J connectivity index is 3.02. The summed E-state index contributed by atoms with van der Waals surface area (Å²) in [5, 5.41) is 0.0843. The molecule has 1 rings (SSSR count). The molecule has 0 radical (unpaired) electrons. The van der Waals surface area contributed by atoms with Gasteiger partial charge in [0.05, 0.1) is 5.25 Å². The van der Waals surface area contributed by atoms with E-state index in [2.05, 4.69) is 0 Å². The largest absolute Gasteiger partial charge is 0.323 e. The van der Waals surface area contributed by atoms with Crippen molar-refractivity contribution in [1.82, 2.24) is 0 Å². The van der Waals surface area contributed by atoms with Crippen molar-refractivity contribution >= 4 is 21.4 Å². The van der Waals surface area contributed by atoms with E-state index >= 15 is 0 Å². The lowest BCUT2D eigenvalue weighted by Crippen LogP contribution is -2.34. The van der Waals surface area contributed by atoms with E-state index in [0.717, 1.165) is 5.56 Å². The predicted octanol–water partition coefficient (Wildman–Crippen LogP) is 2.55. The van der Waals surface area contributed by atoms with Gasteiger partial charge in [-0.25, -0.2) is 8.42 Å². The molecule has 2 N–H and O–H groups in total. The van der Waals surface area contributed by atoms with Crippen LogP contribution in [0.5, 0.6) is 0 Å². The van der Waals surface area contributed by atoms with Crippen LogP contribution in [-0.4, -0.2) is 19.4 Å². The van der Waals surface area contributed by atoms with Gasteiger partial charge in [0.2, 0.25) is 0 Å². The lowest BCUT2D eigenvalue weighted by Gasteiger charge is -2.22. The monoisotopic (exact) mass is 275 g/mol. The maximum atomic E-state index is 11.9. The van der Waals surface area contributed by atoms with Crippen LogP contribution in [0, 0.1) is 0 Å². The molecule has 0 aliphatic rings. The minimum absolute atomic E-state index is 0.118. The molecule has 0 unspecified atom stereocenters. The normalized spacial score (nSPS) is 15.5. The molecule has 0 aromatic heterocycles. The Bertz CT molecular complexity index is 456. The highest BCUT2D eigenvalue weighted by Gasteiger charge is 2.29. The van der Waals surface area contributed by atoms with Crippen LogP contribution in [-0.2, 0) is 9.84 Å². The van der Waals surface area contributed by atoms with E-state index in [0.29, 0.717) is 11.4 Å². The molecular weight excluding hydrogens is 258 g/mol. The number of hydrogen-bond donors (Lipinski definition) is 1. The van der Waals surface area contributed by atoms with Crippen LogP contribution >= 0.6 is 11.6 Å². The number of benzene rings is 1. The highest BCUT2D eigenvalue weighted by molar-refractivity contribution is 7.92. The number of nitrogens with two attached hydrogens (primary N) is 1. The summed E-state index contributed by atoms with van der Waals surface area (Å²) in [6.07, 6.45) is 0.514. The summed E-state index contributed by atoms with van der Waals surface area (Å²) in [4.78, 5) is 0. The summed E-state index contributed by atoms with van der Waals surface area (Å²) in [5.41, 5.74) is 6.84. The van der Waals surface area contributed by atoms with Gasteiger partial charge in [-0.2, -0.15) is 0 Å². The van der Waals surface area contributed by atoms with E-state index in [9.17, 15) is 8.42 Å². The van der Waals surface area contributed by atoms with E-state index in [1.165, 1.54) is 0 Å². The van der Waals surface area contributed by atoms with Crippen LogP contribution < -0.4 is 5.73 Å². The van der Waals surface area contributed by atoms with E-state index in [4.69, 9.17) is 17.3 Å². The molecule has 0 saturated carbocycles. The summed E-state index contributed by atoms with van der Waals surface area (Å²) in [5.74, 6) is 0.118. The van der Waals surface area contributed by atoms with Crippen molar-refractivity contribution in [3.05, 3.63) is 34.9 Å². The van der Waals surface area contributed by atoms with E-state index < -0.39 is 21.1 Å². The molecule has 2 atom stereocenters. The second-order valence-corrected chi connectivity index (χ2v) is 6.92. The SMILES string of the molecule is CC[C@@H]([C@@H](N)c1ccc(Cl)cc1)S(=O)(=O)CC. The fourth-order valence-corrected chi connectivity index (χ4v) is 3.51. The zero-order valence-electron chi connectivity index (χ0n) is 10.1. The highest BCUT2D eigenvalue weighted by Crippen LogP contribution is 2.24. The van der Waals surface area contributed by atoms with Gasteiger partial charge >= 0.3 is 0 Å². The molecule has 5 heteroatoms. The maximum absolute atomic E-state index is 11.9. The van der Waals surface area contributed by atoms with Crippen molar-refractivity contribution < 1.29 is 8.42 Å². The first kappa shape index (κ1) is 14.5. The Morgan fingerprint density at radius 3 is 2.18 bits per heavy atom. The summed E-state index contributed by atoms with van der Waals surface area (Å²) >= 11 is 5.79. The highest BCUT2D eigenvalue weighted by atomic mass is 35.5. The van der Waals surface area contributed by atoms with Gasteiger partial charge in [-0.1, -0.05) is 37.6 Å². The molecule has 0 aliphatic heterocycles. The van der Waals surface area contributed by atoms with Crippen molar-refractivity contribution in [2.75, 3.05) is 5.75 Å². The molecule has 0 heterocycles. The first-order valence-corrected chi connectivity index (χ1v) is 7.74. The molecule has 0 saturated heterocycles. The van der Waals surface area contributed by atoms with Gasteiger partial charge in [0.1, 0.15) is 0 Å². The second kappa shape index (κ2) is 5.85.